The standard InChI is InChI=1S/C11H19NO2/c1-9(11(13)14-3)6-7-12(2)8-10-4-5-10/h6,10H,4-5,7-8H2,1-3H3. The number of ether oxygens (including phenoxy) is 1. The minimum Gasteiger partial charge on any atom is -0.466 e. The second-order valence-electron chi connectivity index (χ2n) is 4.04. The van der Waals surface area contributed by atoms with Crippen molar-refractivity contribution in [2.24, 2.45) is 5.92 Å². The highest BCUT2D eigenvalue weighted by molar-refractivity contribution is 5.87. The van der Waals surface area contributed by atoms with E-state index in [2.05, 4.69) is 16.7 Å². The lowest BCUT2D eigenvalue weighted by Crippen LogP contribution is -2.21. The molecule has 0 aromatic rings. The predicted octanol–water partition coefficient (Wildman–Crippen LogP) is 1.45. The Morgan fingerprint density at radius 3 is 2.71 bits per heavy atom. The zero-order valence-electron chi connectivity index (χ0n) is 9.25. The van der Waals surface area contributed by atoms with Crippen LogP contribution in [0.2, 0.25) is 0 Å². The lowest BCUT2D eigenvalue weighted by Gasteiger charge is -2.13. The maximum absolute atomic E-state index is 11.0. The van der Waals surface area contributed by atoms with Gasteiger partial charge in [0, 0.05) is 18.7 Å². The number of hydrogen-bond donors (Lipinski definition) is 0. The monoisotopic (exact) mass is 197 g/mol. The van der Waals surface area contributed by atoms with E-state index >= 15 is 0 Å². The van der Waals surface area contributed by atoms with Gasteiger partial charge < -0.3 is 9.64 Å². The van der Waals surface area contributed by atoms with Gasteiger partial charge in [-0.2, -0.15) is 0 Å². The Balaban J connectivity index is 2.24. The summed E-state index contributed by atoms with van der Waals surface area (Å²) >= 11 is 0. The van der Waals surface area contributed by atoms with Crippen molar-refractivity contribution in [3.05, 3.63) is 11.6 Å². The summed E-state index contributed by atoms with van der Waals surface area (Å²) in [5.41, 5.74) is 0.690. The second kappa shape index (κ2) is 5.15. The average molecular weight is 197 g/mol. The van der Waals surface area contributed by atoms with Crippen molar-refractivity contribution in [2.75, 3.05) is 27.2 Å². The first-order valence-electron chi connectivity index (χ1n) is 5.07. The van der Waals surface area contributed by atoms with Crippen LogP contribution in [0, 0.1) is 5.92 Å². The van der Waals surface area contributed by atoms with E-state index in [-0.39, 0.29) is 5.97 Å². The van der Waals surface area contributed by atoms with Gasteiger partial charge in [0.25, 0.3) is 0 Å². The summed E-state index contributed by atoms with van der Waals surface area (Å²) in [5, 5.41) is 0. The molecule has 0 radical (unpaired) electrons. The third-order valence-electron chi connectivity index (χ3n) is 2.48. The molecule has 3 heteroatoms. The molecule has 0 aliphatic heterocycles. The first-order chi connectivity index (χ1) is 6.63. The van der Waals surface area contributed by atoms with Crippen molar-refractivity contribution in [3.63, 3.8) is 0 Å². The summed E-state index contributed by atoms with van der Waals surface area (Å²) in [7, 11) is 3.49. The van der Waals surface area contributed by atoms with Gasteiger partial charge >= 0.3 is 5.97 Å². The number of esters is 1. The van der Waals surface area contributed by atoms with E-state index in [1.54, 1.807) is 6.92 Å². The number of carbonyl (C=O) groups is 1. The van der Waals surface area contributed by atoms with Gasteiger partial charge in [0.05, 0.1) is 7.11 Å². The molecular weight excluding hydrogens is 178 g/mol. The molecule has 1 aliphatic rings. The lowest BCUT2D eigenvalue weighted by atomic mass is 10.2. The van der Waals surface area contributed by atoms with Gasteiger partial charge in [-0.05, 0) is 32.7 Å². The van der Waals surface area contributed by atoms with Gasteiger partial charge in [-0.25, -0.2) is 4.79 Å². The van der Waals surface area contributed by atoms with E-state index in [0.29, 0.717) is 5.57 Å². The molecule has 0 heterocycles. The van der Waals surface area contributed by atoms with Gasteiger partial charge in [0.2, 0.25) is 0 Å². The van der Waals surface area contributed by atoms with Crippen molar-refractivity contribution in [1.82, 2.24) is 4.90 Å². The van der Waals surface area contributed by atoms with Gasteiger partial charge in [-0.1, -0.05) is 6.08 Å². The van der Waals surface area contributed by atoms with Crippen molar-refractivity contribution in [1.29, 1.82) is 0 Å². The van der Waals surface area contributed by atoms with Crippen molar-refractivity contribution >= 4 is 5.97 Å². The van der Waals surface area contributed by atoms with Crippen molar-refractivity contribution in [3.8, 4) is 0 Å². The Hall–Kier alpha value is -0.830. The third kappa shape index (κ3) is 3.92. The number of nitrogens with zero attached hydrogens (tertiary/aromatic N) is 1. The molecular formula is C11H19NO2. The zero-order chi connectivity index (χ0) is 10.6. The van der Waals surface area contributed by atoms with Crippen LogP contribution in [0.5, 0.6) is 0 Å². The topological polar surface area (TPSA) is 29.5 Å². The van der Waals surface area contributed by atoms with E-state index in [9.17, 15) is 4.79 Å². The highest BCUT2D eigenvalue weighted by Crippen LogP contribution is 2.29. The van der Waals surface area contributed by atoms with Crippen molar-refractivity contribution in [2.45, 2.75) is 19.8 Å². The minimum atomic E-state index is -0.232. The quantitative estimate of drug-likeness (QED) is 0.493. The number of methoxy groups -OCH3 is 1. The number of hydrogen-bond acceptors (Lipinski definition) is 3. The Morgan fingerprint density at radius 1 is 1.57 bits per heavy atom. The molecule has 3 nitrogen and oxygen atoms in total. The van der Waals surface area contributed by atoms with E-state index in [1.807, 2.05) is 6.08 Å². The van der Waals surface area contributed by atoms with Gasteiger partial charge in [0.1, 0.15) is 0 Å². The van der Waals surface area contributed by atoms with Gasteiger partial charge in [-0.3, -0.25) is 0 Å². The highest BCUT2D eigenvalue weighted by atomic mass is 16.5. The van der Waals surface area contributed by atoms with E-state index < -0.39 is 0 Å². The zero-order valence-corrected chi connectivity index (χ0v) is 9.25. The van der Waals surface area contributed by atoms with Crippen LogP contribution < -0.4 is 0 Å². The number of likely N-dealkylation sites (N-methyl/N-ethyl adjacent to an activating group) is 1. The molecule has 1 saturated carbocycles. The number of rotatable bonds is 5. The summed E-state index contributed by atoms with van der Waals surface area (Å²) in [6.07, 6.45) is 4.66. The maximum Gasteiger partial charge on any atom is 0.333 e. The van der Waals surface area contributed by atoms with Crippen LogP contribution in [0.4, 0.5) is 0 Å². The number of carbonyl (C=O) groups excluding carboxylic acids is 1. The molecule has 80 valence electrons. The first-order valence-corrected chi connectivity index (χ1v) is 5.07. The molecule has 0 spiro atoms. The molecule has 0 saturated heterocycles. The van der Waals surface area contributed by atoms with Crippen LogP contribution in [-0.2, 0) is 9.53 Å². The summed E-state index contributed by atoms with van der Waals surface area (Å²) in [6, 6.07) is 0. The first kappa shape index (κ1) is 11.2. The average Bonchev–Trinajstić information content (AvgIpc) is 2.96. The van der Waals surface area contributed by atoms with Crippen LogP contribution >= 0.6 is 0 Å². The SMILES string of the molecule is COC(=O)C(C)=CCN(C)CC1CC1. The maximum atomic E-state index is 11.0. The van der Waals surface area contributed by atoms with E-state index in [4.69, 9.17) is 0 Å². The Morgan fingerprint density at radius 2 is 2.21 bits per heavy atom. The smallest absolute Gasteiger partial charge is 0.333 e. The van der Waals surface area contributed by atoms with Crippen LogP contribution in [0.3, 0.4) is 0 Å². The Labute approximate surface area is 85.7 Å². The second-order valence-corrected chi connectivity index (χ2v) is 4.04. The van der Waals surface area contributed by atoms with Crippen LogP contribution in [0.15, 0.2) is 11.6 Å². The van der Waals surface area contributed by atoms with Crippen LogP contribution in [0.25, 0.3) is 0 Å². The molecule has 0 N–H and O–H groups in total. The highest BCUT2D eigenvalue weighted by Gasteiger charge is 2.22. The van der Waals surface area contributed by atoms with Crippen LogP contribution in [0.1, 0.15) is 19.8 Å². The summed E-state index contributed by atoms with van der Waals surface area (Å²) in [4.78, 5) is 13.3. The Bertz CT molecular complexity index is 231. The fourth-order valence-electron chi connectivity index (χ4n) is 1.35. The largest absolute Gasteiger partial charge is 0.466 e. The van der Waals surface area contributed by atoms with Gasteiger partial charge in [0.15, 0.2) is 0 Å². The molecule has 1 aliphatic carbocycles. The minimum absolute atomic E-state index is 0.232. The van der Waals surface area contributed by atoms with E-state index in [1.165, 1.54) is 20.0 Å². The normalized spacial score (nSPS) is 17.3. The molecule has 0 atom stereocenters. The van der Waals surface area contributed by atoms with Gasteiger partial charge in [-0.15, -0.1) is 0 Å². The van der Waals surface area contributed by atoms with Crippen molar-refractivity contribution < 1.29 is 9.53 Å². The van der Waals surface area contributed by atoms with E-state index in [0.717, 1.165) is 19.0 Å². The molecule has 0 bridgehead atoms. The molecule has 0 aromatic heterocycles. The molecule has 14 heavy (non-hydrogen) atoms. The fraction of sp³-hybridized carbons (Fsp3) is 0.727. The van der Waals surface area contributed by atoms with Crippen LogP contribution in [-0.4, -0.2) is 38.1 Å². The predicted molar refractivity (Wildman–Crippen MR) is 56.0 cm³/mol. The Kier molecular flexibility index (Phi) is 4.14. The summed E-state index contributed by atoms with van der Waals surface area (Å²) < 4.78 is 4.61. The molecule has 0 unspecified atom stereocenters. The molecule has 0 aromatic carbocycles. The fourth-order valence-corrected chi connectivity index (χ4v) is 1.35. The third-order valence-corrected chi connectivity index (χ3v) is 2.48. The molecule has 0 amide bonds. The summed E-state index contributed by atoms with van der Waals surface area (Å²) in [5.74, 6) is 0.664. The lowest BCUT2D eigenvalue weighted by molar-refractivity contribution is -0.136. The summed E-state index contributed by atoms with van der Waals surface area (Å²) in [6.45, 7) is 3.76. The molecule has 1 fully saturated rings. The molecule has 1 rings (SSSR count).